The van der Waals surface area contributed by atoms with Crippen LogP contribution in [-0.4, -0.2) is 15.5 Å². The second-order valence-electron chi connectivity index (χ2n) is 6.38. The van der Waals surface area contributed by atoms with Crippen molar-refractivity contribution in [2.75, 3.05) is 5.32 Å². The SMILES string of the molecule is Cc1cc(C)cc(NC(=O)CCn2cnc3oc(C)c(C)c3c2=O)c1. The van der Waals surface area contributed by atoms with Crippen molar-refractivity contribution in [2.24, 2.45) is 0 Å². The van der Waals surface area contributed by atoms with E-state index >= 15 is 0 Å². The van der Waals surface area contributed by atoms with Gasteiger partial charge in [-0.05, 0) is 51.0 Å². The number of carbonyl (C=O) groups is 1. The lowest BCUT2D eigenvalue weighted by Gasteiger charge is -2.08. The molecule has 1 amide bonds. The van der Waals surface area contributed by atoms with Crippen LogP contribution in [0.15, 0.2) is 33.7 Å². The van der Waals surface area contributed by atoms with Gasteiger partial charge in [-0.1, -0.05) is 6.07 Å². The topological polar surface area (TPSA) is 77.1 Å². The molecular weight excluding hydrogens is 318 g/mol. The molecule has 0 saturated carbocycles. The standard InChI is InChI=1S/C19H21N3O3/c1-11-7-12(2)9-15(8-11)21-16(23)5-6-22-10-20-18-17(19(22)24)13(3)14(4)25-18/h7-10H,5-6H2,1-4H3,(H,21,23). The first-order valence-electron chi connectivity index (χ1n) is 8.18. The van der Waals surface area contributed by atoms with E-state index in [1.807, 2.05) is 39.0 Å². The second-order valence-corrected chi connectivity index (χ2v) is 6.38. The minimum Gasteiger partial charge on any atom is -0.443 e. The smallest absolute Gasteiger partial charge is 0.264 e. The highest BCUT2D eigenvalue weighted by Gasteiger charge is 2.14. The summed E-state index contributed by atoms with van der Waals surface area (Å²) in [5.41, 5.74) is 3.90. The fourth-order valence-corrected chi connectivity index (χ4v) is 2.92. The molecule has 6 nitrogen and oxygen atoms in total. The maximum atomic E-state index is 12.6. The quantitative estimate of drug-likeness (QED) is 0.791. The molecule has 2 heterocycles. The van der Waals surface area contributed by atoms with E-state index in [4.69, 9.17) is 4.42 Å². The number of hydrogen-bond acceptors (Lipinski definition) is 4. The summed E-state index contributed by atoms with van der Waals surface area (Å²) in [6, 6.07) is 5.88. The minimum atomic E-state index is -0.182. The molecule has 3 rings (SSSR count). The number of furan rings is 1. The van der Waals surface area contributed by atoms with E-state index < -0.39 is 0 Å². The zero-order valence-electron chi connectivity index (χ0n) is 14.8. The maximum absolute atomic E-state index is 12.6. The van der Waals surface area contributed by atoms with Gasteiger partial charge in [-0.15, -0.1) is 0 Å². The summed E-state index contributed by atoms with van der Waals surface area (Å²) in [6.45, 7) is 7.87. The van der Waals surface area contributed by atoms with Gasteiger partial charge in [0.25, 0.3) is 5.56 Å². The Balaban J connectivity index is 1.74. The Bertz CT molecular complexity index is 994. The molecular formula is C19H21N3O3. The van der Waals surface area contributed by atoms with Crippen molar-refractivity contribution in [1.29, 1.82) is 0 Å². The normalized spacial score (nSPS) is 11.0. The molecule has 2 aromatic heterocycles. The Morgan fingerprint density at radius 2 is 1.84 bits per heavy atom. The summed E-state index contributed by atoms with van der Waals surface area (Å²) in [5.74, 6) is 0.544. The van der Waals surface area contributed by atoms with Gasteiger partial charge in [-0.3, -0.25) is 14.2 Å². The predicted octanol–water partition coefficient (Wildman–Crippen LogP) is 3.25. The maximum Gasteiger partial charge on any atom is 0.264 e. The Morgan fingerprint density at radius 1 is 1.16 bits per heavy atom. The molecule has 0 unspecified atom stereocenters. The first-order valence-corrected chi connectivity index (χ1v) is 8.18. The number of hydrogen-bond donors (Lipinski definition) is 1. The lowest BCUT2D eigenvalue weighted by atomic mass is 10.1. The van der Waals surface area contributed by atoms with Gasteiger partial charge in [0.2, 0.25) is 11.6 Å². The molecule has 0 atom stereocenters. The minimum absolute atomic E-state index is 0.142. The molecule has 0 radical (unpaired) electrons. The Kier molecular flexibility index (Phi) is 4.44. The number of aromatic nitrogens is 2. The molecule has 0 saturated heterocycles. The number of benzene rings is 1. The summed E-state index contributed by atoms with van der Waals surface area (Å²) in [6.07, 6.45) is 1.62. The zero-order chi connectivity index (χ0) is 18.1. The van der Waals surface area contributed by atoms with Gasteiger partial charge in [-0.25, -0.2) is 4.98 Å². The van der Waals surface area contributed by atoms with Crippen LogP contribution in [-0.2, 0) is 11.3 Å². The molecule has 1 aromatic carbocycles. The lowest BCUT2D eigenvalue weighted by molar-refractivity contribution is -0.116. The highest BCUT2D eigenvalue weighted by atomic mass is 16.3. The fourth-order valence-electron chi connectivity index (χ4n) is 2.92. The summed E-state index contributed by atoms with van der Waals surface area (Å²) in [5, 5.41) is 3.35. The van der Waals surface area contributed by atoms with Gasteiger partial charge in [0.15, 0.2) is 0 Å². The van der Waals surface area contributed by atoms with Crippen LogP contribution >= 0.6 is 0 Å². The van der Waals surface area contributed by atoms with E-state index in [1.54, 1.807) is 6.92 Å². The number of nitrogens with zero attached hydrogens (tertiary/aromatic N) is 2. The van der Waals surface area contributed by atoms with E-state index in [0.717, 1.165) is 22.4 Å². The van der Waals surface area contributed by atoms with Crippen molar-refractivity contribution < 1.29 is 9.21 Å². The van der Waals surface area contributed by atoms with Crippen molar-refractivity contribution in [3.8, 4) is 0 Å². The van der Waals surface area contributed by atoms with Crippen LogP contribution in [0.25, 0.3) is 11.1 Å². The average molecular weight is 339 g/mol. The molecule has 0 spiro atoms. The van der Waals surface area contributed by atoms with Gasteiger partial charge in [0, 0.05) is 24.2 Å². The first kappa shape index (κ1) is 17.0. The third-order valence-corrected chi connectivity index (χ3v) is 4.24. The van der Waals surface area contributed by atoms with Gasteiger partial charge in [0.1, 0.15) is 17.5 Å². The zero-order valence-corrected chi connectivity index (χ0v) is 14.8. The van der Waals surface area contributed by atoms with Crippen LogP contribution in [0.1, 0.15) is 28.9 Å². The Hall–Kier alpha value is -2.89. The van der Waals surface area contributed by atoms with Crippen molar-refractivity contribution in [3.05, 3.63) is 57.3 Å². The molecule has 0 fully saturated rings. The summed E-state index contributed by atoms with van der Waals surface area (Å²) in [4.78, 5) is 28.9. The monoisotopic (exact) mass is 339 g/mol. The highest BCUT2D eigenvalue weighted by Crippen LogP contribution is 2.19. The van der Waals surface area contributed by atoms with Gasteiger partial charge < -0.3 is 9.73 Å². The molecule has 0 bridgehead atoms. The molecule has 0 aliphatic carbocycles. The molecule has 6 heteroatoms. The molecule has 0 aliphatic rings. The largest absolute Gasteiger partial charge is 0.443 e. The molecule has 1 N–H and O–H groups in total. The van der Waals surface area contributed by atoms with Gasteiger partial charge in [-0.2, -0.15) is 0 Å². The van der Waals surface area contributed by atoms with E-state index in [-0.39, 0.29) is 24.4 Å². The lowest BCUT2D eigenvalue weighted by Crippen LogP contribution is -2.23. The number of amides is 1. The fraction of sp³-hybridized carbons (Fsp3) is 0.316. The summed E-state index contributed by atoms with van der Waals surface area (Å²) >= 11 is 0. The number of anilines is 1. The highest BCUT2D eigenvalue weighted by molar-refractivity contribution is 5.90. The predicted molar refractivity (Wildman–Crippen MR) is 96.9 cm³/mol. The van der Waals surface area contributed by atoms with Crippen LogP contribution in [0.3, 0.4) is 0 Å². The van der Waals surface area contributed by atoms with E-state index in [9.17, 15) is 9.59 Å². The third-order valence-electron chi connectivity index (χ3n) is 4.24. The van der Waals surface area contributed by atoms with E-state index in [1.165, 1.54) is 10.9 Å². The number of rotatable bonds is 4. The Labute approximate surface area is 145 Å². The van der Waals surface area contributed by atoms with Gasteiger partial charge >= 0.3 is 0 Å². The molecule has 0 aliphatic heterocycles. The molecule has 3 aromatic rings. The number of carbonyl (C=O) groups excluding carboxylic acids is 1. The van der Waals surface area contributed by atoms with Crippen molar-refractivity contribution in [1.82, 2.24) is 9.55 Å². The van der Waals surface area contributed by atoms with Crippen molar-refractivity contribution in [2.45, 2.75) is 40.7 Å². The number of fused-ring (bicyclic) bond motifs is 1. The van der Waals surface area contributed by atoms with Crippen molar-refractivity contribution >= 4 is 22.7 Å². The number of nitrogens with one attached hydrogen (secondary N) is 1. The third kappa shape index (κ3) is 3.47. The summed E-state index contributed by atoms with van der Waals surface area (Å²) < 4.78 is 6.91. The van der Waals surface area contributed by atoms with Crippen LogP contribution < -0.4 is 10.9 Å². The molecule has 130 valence electrons. The second kappa shape index (κ2) is 6.55. The van der Waals surface area contributed by atoms with E-state index in [2.05, 4.69) is 10.3 Å². The van der Waals surface area contributed by atoms with Crippen molar-refractivity contribution in [3.63, 3.8) is 0 Å². The van der Waals surface area contributed by atoms with Crippen LogP contribution in [0.5, 0.6) is 0 Å². The molecule has 25 heavy (non-hydrogen) atoms. The number of aryl methyl sites for hydroxylation is 5. The van der Waals surface area contributed by atoms with E-state index in [0.29, 0.717) is 16.9 Å². The van der Waals surface area contributed by atoms with Crippen LogP contribution in [0.2, 0.25) is 0 Å². The average Bonchev–Trinajstić information content (AvgIpc) is 2.81. The van der Waals surface area contributed by atoms with Crippen LogP contribution in [0, 0.1) is 27.7 Å². The first-order chi connectivity index (χ1) is 11.8. The van der Waals surface area contributed by atoms with Crippen LogP contribution in [0.4, 0.5) is 5.69 Å². The van der Waals surface area contributed by atoms with Gasteiger partial charge in [0.05, 0.1) is 0 Å². The summed E-state index contributed by atoms with van der Waals surface area (Å²) in [7, 11) is 0. The Morgan fingerprint density at radius 3 is 2.52 bits per heavy atom.